The van der Waals surface area contributed by atoms with E-state index in [2.05, 4.69) is 5.10 Å². The van der Waals surface area contributed by atoms with Crippen molar-refractivity contribution in [1.82, 2.24) is 9.78 Å². The van der Waals surface area contributed by atoms with E-state index in [-0.39, 0.29) is 5.69 Å². The average Bonchev–Trinajstić information content (AvgIpc) is 2.73. The van der Waals surface area contributed by atoms with Gasteiger partial charge in [-0.05, 0) is 32.9 Å². The molecule has 7 heteroatoms. The normalized spacial score (nSPS) is 12.1. The van der Waals surface area contributed by atoms with Crippen LogP contribution in [-0.4, -0.2) is 25.8 Å². The van der Waals surface area contributed by atoms with E-state index in [9.17, 15) is 14.9 Å². The number of nitro groups is 1. The topological polar surface area (TPSA) is 98.3 Å². The molecule has 0 aliphatic carbocycles. The second-order valence-electron chi connectivity index (χ2n) is 4.83. The summed E-state index contributed by atoms with van der Waals surface area (Å²) in [6, 6.07) is 5.97. The smallest absolute Gasteiger partial charge is 0.310 e. The van der Waals surface area contributed by atoms with Gasteiger partial charge in [-0.15, -0.1) is 0 Å². The summed E-state index contributed by atoms with van der Waals surface area (Å²) >= 11 is 0. The van der Waals surface area contributed by atoms with Crippen molar-refractivity contribution < 1.29 is 14.8 Å². The van der Waals surface area contributed by atoms with Crippen LogP contribution in [0.2, 0.25) is 0 Å². The van der Waals surface area contributed by atoms with E-state index in [0.717, 1.165) is 5.69 Å². The van der Waals surface area contributed by atoms with Gasteiger partial charge in [-0.3, -0.25) is 14.9 Å². The maximum absolute atomic E-state index is 11.2. The van der Waals surface area contributed by atoms with Crippen LogP contribution in [-0.2, 0) is 4.79 Å². The van der Waals surface area contributed by atoms with Gasteiger partial charge in [0.25, 0.3) is 5.69 Å². The quantitative estimate of drug-likeness (QED) is 0.689. The summed E-state index contributed by atoms with van der Waals surface area (Å²) in [5, 5.41) is 24.1. The largest absolute Gasteiger partial charge is 0.481 e. The number of hydrogen-bond donors (Lipinski definition) is 1. The zero-order valence-electron chi connectivity index (χ0n) is 11.9. The molecular weight excluding hydrogens is 274 g/mol. The van der Waals surface area contributed by atoms with E-state index in [1.54, 1.807) is 37.6 Å². The standard InChI is InChI=1S/C14H15N3O4/c1-8(14(18)19)13-9(2)15-16(10(13)3)11-4-6-12(7-5-11)17(20)21/h4-8H,1-3H3,(H,18,19). The van der Waals surface area contributed by atoms with E-state index in [0.29, 0.717) is 16.9 Å². The van der Waals surface area contributed by atoms with Crippen molar-refractivity contribution in [2.45, 2.75) is 26.7 Å². The molecule has 2 aromatic rings. The number of carboxylic acid groups (broad SMARTS) is 1. The molecule has 1 aromatic carbocycles. The van der Waals surface area contributed by atoms with Crippen LogP contribution in [0.3, 0.4) is 0 Å². The van der Waals surface area contributed by atoms with Gasteiger partial charge < -0.3 is 5.11 Å². The summed E-state index contributed by atoms with van der Waals surface area (Å²) in [7, 11) is 0. The first-order valence-corrected chi connectivity index (χ1v) is 6.36. The molecular formula is C14H15N3O4. The molecule has 0 bridgehead atoms. The van der Waals surface area contributed by atoms with Crippen LogP contribution in [0.25, 0.3) is 5.69 Å². The van der Waals surface area contributed by atoms with E-state index in [4.69, 9.17) is 5.11 Å². The highest BCUT2D eigenvalue weighted by molar-refractivity contribution is 5.76. The second kappa shape index (κ2) is 5.35. The van der Waals surface area contributed by atoms with E-state index >= 15 is 0 Å². The van der Waals surface area contributed by atoms with Gasteiger partial charge >= 0.3 is 5.97 Å². The molecule has 0 radical (unpaired) electrons. The fourth-order valence-corrected chi connectivity index (χ4v) is 2.37. The van der Waals surface area contributed by atoms with Gasteiger partial charge in [0.2, 0.25) is 0 Å². The first-order chi connectivity index (χ1) is 9.82. The number of aryl methyl sites for hydroxylation is 1. The molecule has 1 unspecified atom stereocenters. The Balaban J connectivity index is 2.48. The third-order valence-corrected chi connectivity index (χ3v) is 3.46. The maximum Gasteiger partial charge on any atom is 0.310 e. The van der Waals surface area contributed by atoms with Crippen LogP contribution in [0.5, 0.6) is 0 Å². The zero-order valence-corrected chi connectivity index (χ0v) is 11.9. The van der Waals surface area contributed by atoms with Crippen LogP contribution < -0.4 is 0 Å². The third kappa shape index (κ3) is 2.62. The molecule has 7 nitrogen and oxygen atoms in total. The number of nitrogens with zero attached hydrogens (tertiary/aromatic N) is 3. The molecule has 0 fully saturated rings. The Morgan fingerprint density at radius 2 is 1.90 bits per heavy atom. The van der Waals surface area contributed by atoms with Crippen molar-refractivity contribution in [2.75, 3.05) is 0 Å². The van der Waals surface area contributed by atoms with Gasteiger partial charge in [0.05, 0.1) is 22.2 Å². The molecule has 0 saturated heterocycles. The predicted octanol–water partition coefficient (Wildman–Crippen LogP) is 2.59. The van der Waals surface area contributed by atoms with Crippen molar-refractivity contribution in [3.8, 4) is 5.69 Å². The minimum Gasteiger partial charge on any atom is -0.481 e. The number of aromatic nitrogens is 2. The highest BCUT2D eigenvalue weighted by Crippen LogP contribution is 2.26. The molecule has 0 spiro atoms. The summed E-state index contributed by atoms with van der Waals surface area (Å²) in [6.07, 6.45) is 0. The van der Waals surface area contributed by atoms with Crippen molar-refractivity contribution in [1.29, 1.82) is 0 Å². The molecule has 21 heavy (non-hydrogen) atoms. The Hall–Kier alpha value is -2.70. The first-order valence-electron chi connectivity index (χ1n) is 6.36. The fourth-order valence-electron chi connectivity index (χ4n) is 2.37. The second-order valence-corrected chi connectivity index (χ2v) is 4.83. The SMILES string of the molecule is Cc1nn(-c2ccc([N+](=O)[O-])cc2)c(C)c1C(C)C(=O)O. The number of nitro benzene ring substituents is 1. The average molecular weight is 289 g/mol. The van der Waals surface area contributed by atoms with Crippen molar-refractivity contribution in [3.63, 3.8) is 0 Å². The van der Waals surface area contributed by atoms with Gasteiger partial charge in [-0.2, -0.15) is 5.10 Å². The number of rotatable bonds is 4. The Kier molecular flexibility index (Phi) is 3.75. The molecule has 2 rings (SSSR count). The number of carboxylic acids is 1. The molecule has 1 aromatic heterocycles. The molecule has 1 heterocycles. The van der Waals surface area contributed by atoms with Gasteiger partial charge in [-0.1, -0.05) is 0 Å². The van der Waals surface area contributed by atoms with E-state index < -0.39 is 16.8 Å². The van der Waals surface area contributed by atoms with E-state index in [1.165, 1.54) is 12.1 Å². The minimum atomic E-state index is -0.913. The highest BCUT2D eigenvalue weighted by Gasteiger charge is 2.23. The van der Waals surface area contributed by atoms with Crippen LogP contribution in [0.1, 0.15) is 29.8 Å². The maximum atomic E-state index is 11.2. The predicted molar refractivity (Wildman–Crippen MR) is 75.7 cm³/mol. The Bertz CT molecular complexity index is 704. The molecule has 0 aliphatic heterocycles. The van der Waals surface area contributed by atoms with Crippen LogP contribution >= 0.6 is 0 Å². The fraction of sp³-hybridized carbons (Fsp3) is 0.286. The van der Waals surface area contributed by atoms with Gasteiger partial charge in [0.1, 0.15) is 0 Å². The Labute approximate surface area is 121 Å². The minimum absolute atomic E-state index is 0.000548. The monoisotopic (exact) mass is 289 g/mol. The lowest BCUT2D eigenvalue weighted by Gasteiger charge is -2.08. The summed E-state index contributed by atoms with van der Waals surface area (Å²) in [4.78, 5) is 21.3. The van der Waals surface area contributed by atoms with Crippen LogP contribution in [0, 0.1) is 24.0 Å². The van der Waals surface area contributed by atoms with Crippen molar-refractivity contribution in [3.05, 3.63) is 51.3 Å². The van der Waals surface area contributed by atoms with Crippen LogP contribution in [0.4, 0.5) is 5.69 Å². The lowest BCUT2D eigenvalue weighted by atomic mass is 9.99. The number of non-ortho nitro benzene ring substituents is 1. The third-order valence-electron chi connectivity index (χ3n) is 3.46. The molecule has 0 amide bonds. The summed E-state index contributed by atoms with van der Waals surface area (Å²) in [5.41, 5.74) is 2.68. The lowest BCUT2D eigenvalue weighted by molar-refractivity contribution is -0.384. The van der Waals surface area contributed by atoms with Gasteiger partial charge in [0, 0.05) is 23.4 Å². The summed E-state index contributed by atoms with van der Waals surface area (Å²) in [6.45, 7) is 5.15. The highest BCUT2D eigenvalue weighted by atomic mass is 16.6. The zero-order chi connectivity index (χ0) is 15.7. The molecule has 1 atom stereocenters. The molecule has 0 aliphatic rings. The van der Waals surface area contributed by atoms with Crippen LogP contribution in [0.15, 0.2) is 24.3 Å². The molecule has 110 valence electrons. The lowest BCUT2D eigenvalue weighted by Crippen LogP contribution is -2.09. The molecule has 1 N–H and O–H groups in total. The molecule has 0 saturated carbocycles. The summed E-state index contributed by atoms with van der Waals surface area (Å²) in [5.74, 6) is -1.57. The number of hydrogen-bond acceptors (Lipinski definition) is 4. The van der Waals surface area contributed by atoms with Crippen molar-refractivity contribution in [2.24, 2.45) is 0 Å². The first kappa shape index (κ1) is 14.7. The van der Waals surface area contributed by atoms with Gasteiger partial charge in [-0.25, -0.2) is 4.68 Å². The number of carbonyl (C=O) groups is 1. The van der Waals surface area contributed by atoms with Gasteiger partial charge in [0.15, 0.2) is 0 Å². The Morgan fingerprint density at radius 3 is 2.38 bits per heavy atom. The Morgan fingerprint density at radius 1 is 1.33 bits per heavy atom. The summed E-state index contributed by atoms with van der Waals surface area (Å²) < 4.78 is 1.60. The van der Waals surface area contributed by atoms with Crippen molar-refractivity contribution >= 4 is 11.7 Å². The van der Waals surface area contributed by atoms with E-state index in [1.807, 2.05) is 0 Å². The number of aliphatic carboxylic acids is 1. The number of benzene rings is 1.